The van der Waals surface area contributed by atoms with Crippen molar-refractivity contribution in [1.29, 1.82) is 0 Å². The standard InChI is InChI=1S/C15H22N2O2S/c1-3-11(2)16-14(18)12-4-7-17(8-5-12)15(19)13-6-9-20-10-13/h6,9-12H,3-5,7-8H2,1-2H3,(H,16,18)/t11-/m1/s1. The number of carbonyl (C=O) groups excluding carboxylic acids is 2. The predicted molar refractivity (Wildman–Crippen MR) is 80.8 cm³/mol. The van der Waals surface area contributed by atoms with E-state index in [1.807, 2.05) is 28.7 Å². The monoisotopic (exact) mass is 294 g/mol. The van der Waals surface area contributed by atoms with Gasteiger partial charge in [0, 0.05) is 30.4 Å². The maximum Gasteiger partial charge on any atom is 0.254 e. The molecular weight excluding hydrogens is 272 g/mol. The highest BCUT2D eigenvalue weighted by molar-refractivity contribution is 7.08. The summed E-state index contributed by atoms with van der Waals surface area (Å²) in [7, 11) is 0. The van der Waals surface area contributed by atoms with E-state index in [1.165, 1.54) is 11.3 Å². The Balaban J connectivity index is 1.83. The fourth-order valence-corrected chi connectivity index (χ4v) is 3.01. The van der Waals surface area contributed by atoms with Crippen molar-refractivity contribution in [3.8, 4) is 0 Å². The summed E-state index contributed by atoms with van der Waals surface area (Å²) in [6.07, 6.45) is 2.47. The molecule has 20 heavy (non-hydrogen) atoms. The molecule has 1 aliphatic heterocycles. The Hall–Kier alpha value is -1.36. The third kappa shape index (κ3) is 3.60. The van der Waals surface area contributed by atoms with Gasteiger partial charge in [-0.05, 0) is 37.6 Å². The zero-order valence-electron chi connectivity index (χ0n) is 12.1. The van der Waals surface area contributed by atoms with Gasteiger partial charge in [-0.25, -0.2) is 0 Å². The van der Waals surface area contributed by atoms with Crippen molar-refractivity contribution in [2.75, 3.05) is 13.1 Å². The number of carbonyl (C=O) groups is 2. The van der Waals surface area contributed by atoms with Gasteiger partial charge in [-0.2, -0.15) is 11.3 Å². The van der Waals surface area contributed by atoms with E-state index >= 15 is 0 Å². The lowest BCUT2D eigenvalue weighted by molar-refractivity contribution is -0.126. The molecule has 110 valence electrons. The van der Waals surface area contributed by atoms with Crippen LogP contribution in [-0.4, -0.2) is 35.8 Å². The van der Waals surface area contributed by atoms with Crippen molar-refractivity contribution >= 4 is 23.2 Å². The molecule has 5 heteroatoms. The summed E-state index contributed by atoms with van der Waals surface area (Å²) in [6, 6.07) is 2.09. The summed E-state index contributed by atoms with van der Waals surface area (Å²) >= 11 is 1.54. The molecule has 4 nitrogen and oxygen atoms in total. The first-order valence-electron chi connectivity index (χ1n) is 7.23. The Morgan fingerprint density at radius 3 is 2.70 bits per heavy atom. The number of hydrogen-bond donors (Lipinski definition) is 1. The molecule has 0 saturated carbocycles. The minimum Gasteiger partial charge on any atom is -0.353 e. The first-order chi connectivity index (χ1) is 9.61. The van der Waals surface area contributed by atoms with Gasteiger partial charge in [-0.15, -0.1) is 0 Å². The van der Waals surface area contributed by atoms with Crippen LogP contribution in [0.2, 0.25) is 0 Å². The molecule has 1 aromatic rings. The highest BCUT2D eigenvalue weighted by Crippen LogP contribution is 2.20. The van der Waals surface area contributed by atoms with Crippen LogP contribution in [0.15, 0.2) is 16.8 Å². The molecule has 2 heterocycles. The molecule has 1 aromatic heterocycles. The summed E-state index contributed by atoms with van der Waals surface area (Å²) in [5, 5.41) is 6.83. The van der Waals surface area contributed by atoms with Crippen LogP contribution < -0.4 is 5.32 Å². The maximum absolute atomic E-state index is 12.2. The molecule has 1 aliphatic rings. The van der Waals surface area contributed by atoms with E-state index in [4.69, 9.17) is 0 Å². The first kappa shape index (κ1) is 15.0. The van der Waals surface area contributed by atoms with Crippen LogP contribution in [0, 0.1) is 5.92 Å². The minimum atomic E-state index is 0.0514. The first-order valence-corrected chi connectivity index (χ1v) is 8.18. The largest absolute Gasteiger partial charge is 0.353 e. The molecule has 0 aliphatic carbocycles. The molecule has 1 atom stereocenters. The number of rotatable bonds is 4. The Morgan fingerprint density at radius 1 is 1.45 bits per heavy atom. The summed E-state index contributed by atoms with van der Waals surface area (Å²) in [5.74, 6) is 0.282. The lowest BCUT2D eigenvalue weighted by atomic mass is 9.95. The molecule has 2 amide bonds. The second kappa shape index (κ2) is 6.88. The lowest BCUT2D eigenvalue weighted by Crippen LogP contribution is -2.44. The molecule has 2 rings (SSSR count). The third-order valence-corrected chi connectivity index (χ3v) is 4.61. The van der Waals surface area contributed by atoms with E-state index in [0.717, 1.165) is 24.8 Å². The number of hydrogen-bond acceptors (Lipinski definition) is 3. The van der Waals surface area contributed by atoms with Gasteiger partial charge in [0.25, 0.3) is 5.91 Å². The summed E-state index contributed by atoms with van der Waals surface area (Å²) in [6.45, 7) is 5.43. The van der Waals surface area contributed by atoms with Crippen molar-refractivity contribution in [2.24, 2.45) is 5.92 Å². The lowest BCUT2D eigenvalue weighted by Gasteiger charge is -2.31. The van der Waals surface area contributed by atoms with Crippen LogP contribution >= 0.6 is 11.3 Å². The fourth-order valence-electron chi connectivity index (χ4n) is 2.38. The molecule has 0 bridgehead atoms. The number of piperidine rings is 1. The van der Waals surface area contributed by atoms with Crippen molar-refractivity contribution in [3.05, 3.63) is 22.4 Å². The Labute approximate surface area is 124 Å². The highest BCUT2D eigenvalue weighted by atomic mass is 32.1. The number of amides is 2. The normalized spacial score (nSPS) is 17.8. The average molecular weight is 294 g/mol. The van der Waals surface area contributed by atoms with Crippen LogP contribution in [0.4, 0.5) is 0 Å². The molecular formula is C15H22N2O2S. The van der Waals surface area contributed by atoms with Crippen molar-refractivity contribution in [1.82, 2.24) is 10.2 Å². The zero-order chi connectivity index (χ0) is 14.5. The van der Waals surface area contributed by atoms with Gasteiger partial charge in [0.2, 0.25) is 5.91 Å². The predicted octanol–water partition coefficient (Wildman–Crippen LogP) is 2.52. The number of nitrogens with zero attached hydrogens (tertiary/aromatic N) is 1. The van der Waals surface area contributed by atoms with Crippen LogP contribution in [0.3, 0.4) is 0 Å². The Bertz CT molecular complexity index is 450. The van der Waals surface area contributed by atoms with Crippen LogP contribution in [0.5, 0.6) is 0 Å². The fraction of sp³-hybridized carbons (Fsp3) is 0.600. The minimum absolute atomic E-state index is 0.0514. The third-order valence-electron chi connectivity index (χ3n) is 3.92. The molecule has 0 aromatic carbocycles. The van der Waals surface area contributed by atoms with Gasteiger partial charge in [-0.3, -0.25) is 9.59 Å². The van der Waals surface area contributed by atoms with E-state index in [0.29, 0.717) is 13.1 Å². The Kier molecular flexibility index (Phi) is 5.17. The van der Waals surface area contributed by atoms with Gasteiger partial charge in [0.15, 0.2) is 0 Å². The molecule has 0 unspecified atom stereocenters. The van der Waals surface area contributed by atoms with E-state index < -0.39 is 0 Å². The van der Waals surface area contributed by atoms with Crippen LogP contribution in [0.1, 0.15) is 43.5 Å². The van der Waals surface area contributed by atoms with E-state index in [1.54, 1.807) is 0 Å². The topological polar surface area (TPSA) is 49.4 Å². The van der Waals surface area contributed by atoms with Crippen LogP contribution in [0.25, 0.3) is 0 Å². The second-order valence-electron chi connectivity index (χ2n) is 5.40. The zero-order valence-corrected chi connectivity index (χ0v) is 12.9. The average Bonchev–Trinajstić information content (AvgIpc) is 3.00. The van der Waals surface area contributed by atoms with Crippen molar-refractivity contribution < 1.29 is 9.59 Å². The van der Waals surface area contributed by atoms with Crippen LogP contribution in [-0.2, 0) is 4.79 Å². The molecule has 1 saturated heterocycles. The maximum atomic E-state index is 12.2. The van der Waals surface area contributed by atoms with E-state index in [9.17, 15) is 9.59 Å². The van der Waals surface area contributed by atoms with Gasteiger partial charge < -0.3 is 10.2 Å². The summed E-state index contributed by atoms with van der Waals surface area (Å²) < 4.78 is 0. The van der Waals surface area contributed by atoms with Crippen molar-refractivity contribution in [3.63, 3.8) is 0 Å². The van der Waals surface area contributed by atoms with Gasteiger partial charge >= 0.3 is 0 Å². The number of nitrogens with one attached hydrogen (secondary N) is 1. The SMILES string of the molecule is CC[C@@H](C)NC(=O)C1CCN(C(=O)c2ccsc2)CC1. The molecule has 1 fully saturated rings. The molecule has 0 spiro atoms. The van der Waals surface area contributed by atoms with E-state index in [-0.39, 0.29) is 23.8 Å². The smallest absolute Gasteiger partial charge is 0.254 e. The van der Waals surface area contributed by atoms with Crippen molar-refractivity contribution in [2.45, 2.75) is 39.2 Å². The quantitative estimate of drug-likeness (QED) is 0.927. The van der Waals surface area contributed by atoms with Gasteiger partial charge in [0.1, 0.15) is 0 Å². The number of thiophene rings is 1. The molecule has 0 radical (unpaired) electrons. The summed E-state index contributed by atoms with van der Waals surface area (Å²) in [5.41, 5.74) is 0.762. The highest BCUT2D eigenvalue weighted by Gasteiger charge is 2.28. The van der Waals surface area contributed by atoms with Gasteiger partial charge in [0.05, 0.1) is 5.56 Å². The Morgan fingerprint density at radius 2 is 2.15 bits per heavy atom. The van der Waals surface area contributed by atoms with E-state index in [2.05, 4.69) is 12.2 Å². The summed E-state index contributed by atoms with van der Waals surface area (Å²) in [4.78, 5) is 26.1. The molecule has 1 N–H and O–H groups in total. The second-order valence-corrected chi connectivity index (χ2v) is 6.18. The number of likely N-dealkylation sites (tertiary alicyclic amines) is 1. The van der Waals surface area contributed by atoms with Gasteiger partial charge in [-0.1, -0.05) is 6.92 Å².